The maximum absolute atomic E-state index is 12.9. The smallest absolute Gasteiger partial charge is 0.340 e. The maximum Gasteiger partial charge on any atom is 0.340 e. The molecule has 0 atom stereocenters. The molecule has 0 bridgehead atoms. The molecule has 0 unspecified atom stereocenters. The number of halogens is 3. The predicted molar refractivity (Wildman–Crippen MR) is 132 cm³/mol. The van der Waals surface area contributed by atoms with Crippen LogP contribution in [-0.4, -0.2) is 38.5 Å². The van der Waals surface area contributed by atoms with Crippen LogP contribution in [0.1, 0.15) is 42.2 Å². The lowest BCUT2D eigenvalue weighted by atomic mass is 9.84. The van der Waals surface area contributed by atoms with E-state index in [1.165, 1.54) is 24.3 Å². The van der Waals surface area contributed by atoms with Gasteiger partial charge in [0, 0.05) is 22.3 Å². The number of rotatable bonds is 5. The highest BCUT2D eigenvalue weighted by atomic mass is 35.5. The number of sulfonamides is 1. The fourth-order valence-electron chi connectivity index (χ4n) is 3.51. The van der Waals surface area contributed by atoms with Crippen molar-refractivity contribution in [2.45, 2.75) is 4.90 Å². The SMILES string of the molecule is NS(=O)(=O)c1cc(C(=O)OCC(=O)Nc2cc3c(cc2Cl)C(=O)c2ccccc2C3=O)c(Cl)cc1Cl. The van der Waals surface area contributed by atoms with Crippen molar-refractivity contribution in [3.05, 3.63) is 91.4 Å². The second-order valence-corrected chi connectivity index (χ2v) is 10.3. The Balaban J connectivity index is 1.51. The third-order valence-electron chi connectivity index (χ3n) is 5.17. The summed E-state index contributed by atoms with van der Waals surface area (Å²) in [6.45, 7) is -0.814. The minimum absolute atomic E-state index is 0.0121. The fourth-order valence-corrected chi connectivity index (χ4v) is 5.12. The molecule has 13 heteroatoms. The lowest BCUT2D eigenvalue weighted by Crippen LogP contribution is -2.24. The number of hydrogen-bond donors (Lipinski definition) is 2. The minimum Gasteiger partial charge on any atom is -0.452 e. The van der Waals surface area contributed by atoms with E-state index in [1.54, 1.807) is 12.1 Å². The third-order valence-corrected chi connectivity index (χ3v) is 7.17. The molecule has 9 nitrogen and oxygen atoms in total. The number of primary sulfonamides is 1. The van der Waals surface area contributed by atoms with Gasteiger partial charge in [0.15, 0.2) is 18.2 Å². The molecule has 1 amide bonds. The number of fused-ring (bicyclic) bond motifs is 2. The van der Waals surface area contributed by atoms with Gasteiger partial charge in [-0.2, -0.15) is 0 Å². The molecule has 4 rings (SSSR count). The number of ether oxygens (including phenoxy) is 1. The van der Waals surface area contributed by atoms with Crippen LogP contribution in [0.2, 0.25) is 15.1 Å². The zero-order chi connectivity index (χ0) is 26.4. The van der Waals surface area contributed by atoms with Gasteiger partial charge in [0.05, 0.1) is 26.3 Å². The van der Waals surface area contributed by atoms with Crippen LogP contribution in [0.15, 0.2) is 53.4 Å². The van der Waals surface area contributed by atoms with E-state index in [1.807, 2.05) is 0 Å². The number of nitrogens with one attached hydrogen (secondary N) is 1. The number of hydrogen-bond acceptors (Lipinski definition) is 7. The summed E-state index contributed by atoms with van der Waals surface area (Å²) in [4.78, 5) is 49.9. The average molecular weight is 568 g/mol. The summed E-state index contributed by atoms with van der Waals surface area (Å²) < 4.78 is 28.2. The van der Waals surface area contributed by atoms with E-state index in [0.29, 0.717) is 0 Å². The normalized spacial score (nSPS) is 12.6. The van der Waals surface area contributed by atoms with Crippen molar-refractivity contribution in [3.8, 4) is 0 Å². The Morgan fingerprint density at radius 1 is 0.833 bits per heavy atom. The van der Waals surface area contributed by atoms with Crippen molar-refractivity contribution in [3.63, 3.8) is 0 Å². The summed E-state index contributed by atoms with van der Waals surface area (Å²) in [7, 11) is -4.26. The highest BCUT2D eigenvalue weighted by Crippen LogP contribution is 2.33. The molecular weight excluding hydrogens is 555 g/mol. The van der Waals surface area contributed by atoms with E-state index in [9.17, 15) is 27.6 Å². The first-order valence-electron chi connectivity index (χ1n) is 9.89. The molecule has 3 N–H and O–H groups in total. The minimum atomic E-state index is -4.26. The molecule has 184 valence electrons. The summed E-state index contributed by atoms with van der Waals surface area (Å²) in [5.41, 5.74) is 0.254. The lowest BCUT2D eigenvalue weighted by Gasteiger charge is -2.19. The Morgan fingerprint density at radius 3 is 2.00 bits per heavy atom. The third kappa shape index (κ3) is 4.86. The molecule has 0 spiro atoms. The van der Waals surface area contributed by atoms with Gasteiger partial charge in [-0.3, -0.25) is 14.4 Å². The summed E-state index contributed by atoms with van der Waals surface area (Å²) in [6, 6.07) is 10.7. The van der Waals surface area contributed by atoms with Crippen molar-refractivity contribution in [2.24, 2.45) is 5.14 Å². The predicted octanol–water partition coefficient (Wildman–Crippen LogP) is 3.87. The highest BCUT2D eigenvalue weighted by molar-refractivity contribution is 7.89. The second-order valence-electron chi connectivity index (χ2n) is 7.51. The molecule has 36 heavy (non-hydrogen) atoms. The Bertz CT molecular complexity index is 1600. The molecule has 0 heterocycles. The van der Waals surface area contributed by atoms with E-state index in [2.05, 4.69) is 5.32 Å². The van der Waals surface area contributed by atoms with Crippen molar-refractivity contribution in [1.82, 2.24) is 0 Å². The van der Waals surface area contributed by atoms with Gasteiger partial charge < -0.3 is 10.1 Å². The number of amides is 1. The standard InChI is InChI=1S/C23H13Cl3N2O7S/c24-15-8-17(26)19(36(27,33)34)7-14(15)23(32)35-9-20(29)28-18-6-13-12(5-16(18)25)21(30)10-3-1-2-4-11(10)22(13)31/h1-8H,9H2,(H,28,29)(H2,27,33,34). The molecule has 0 aliphatic heterocycles. The van der Waals surface area contributed by atoms with E-state index >= 15 is 0 Å². The molecular formula is C23H13Cl3N2O7S. The van der Waals surface area contributed by atoms with Crippen LogP contribution in [0, 0.1) is 0 Å². The number of ketones is 2. The molecule has 0 saturated heterocycles. The Labute approximate surface area is 219 Å². The first kappa shape index (κ1) is 25.8. The number of esters is 1. The molecule has 1 aliphatic rings. The van der Waals surface area contributed by atoms with Crippen molar-refractivity contribution >= 4 is 74.0 Å². The molecule has 1 aliphatic carbocycles. The van der Waals surface area contributed by atoms with E-state index in [-0.39, 0.29) is 54.4 Å². The molecule has 0 saturated carbocycles. The van der Waals surface area contributed by atoms with Crippen LogP contribution in [0.25, 0.3) is 0 Å². The van der Waals surface area contributed by atoms with Gasteiger partial charge in [0.1, 0.15) is 4.90 Å². The van der Waals surface area contributed by atoms with E-state index in [0.717, 1.165) is 12.1 Å². The summed E-state index contributed by atoms with van der Waals surface area (Å²) in [5.74, 6) is -2.75. The summed E-state index contributed by atoms with van der Waals surface area (Å²) in [6.07, 6.45) is 0. The highest BCUT2D eigenvalue weighted by Gasteiger charge is 2.30. The quantitative estimate of drug-likeness (QED) is 0.348. The number of nitrogens with two attached hydrogens (primary N) is 1. The van der Waals surface area contributed by atoms with E-state index < -0.39 is 39.2 Å². The molecule has 3 aromatic carbocycles. The number of carbonyl (C=O) groups excluding carboxylic acids is 4. The second kappa shape index (κ2) is 9.64. The van der Waals surface area contributed by atoms with Crippen molar-refractivity contribution in [2.75, 3.05) is 11.9 Å². The lowest BCUT2D eigenvalue weighted by molar-refractivity contribution is -0.119. The Kier molecular flexibility index (Phi) is 6.91. The van der Waals surface area contributed by atoms with Crippen LogP contribution in [0.3, 0.4) is 0 Å². The monoisotopic (exact) mass is 566 g/mol. The van der Waals surface area contributed by atoms with Crippen molar-refractivity contribution < 1.29 is 32.3 Å². The molecule has 0 radical (unpaired) electrons. The fraction of sp³-hybridized carbons (Fsp3) is 0.0435. The topological polar surface area (TPSA) is 150 Å². The first-order valence-corrected chi connectivity index (χ1v) is 12.6. The largest absolute Gasteiger partial charge is 0.452 e. The Morgan fingerprint density at radius 2 is 1.42 bits per heavy atom. The Hall–Kier alpha value is -3.28. The van der Waals surface area contributed by atoms with Crippen LogP contribution in [0.4, 0.5) is 5.69 Å². The first-order chi connectivity index (χ1) is 16.9. The zero-order valence-electron chi connectivity index (χ0n) is 17.8. The van der Waals surface area contributed by atoms with Crippen molar-refractivity contribution in [1.29, 1.82) is 0 Å². The van der Waals surface area contributed by atoms with Gasteiger partial charge in [-0.05, 0) is 24.3 Å². The maximum atomic E-state index is 12.9. The number of benzene rings is 3. The average Bonchev–Trinajstić information content (AvgIpc) is 2.81. The van der Waals surface area contributed by atoms with Gasteiger partial charge in [-0.15, -0.1) is 0 Å². The van der Waals surface area contributed by atoms with Gasteiger partial charge in [0.2, 0.25) is 10.0 Å². The van der Waals surface area contributed by atoms with Gasteiger partial charge in [0.25, 0.3) is 5.91 Å². The van der Waals surface area contributed by atoms with Crippen LogP contribution >= 0.6 is 34.8 Å². The van der Waals surface area contributed by atoms with Gasteiger partial charge in [-0.25, -0.2) is 18.4 Å². The van der Waals surface area contributed by atoms with E-state index in [4.69, 9.17) is 44.7 Å². The molecule has 0 fully saturated rings. The molecule has 0 aromatic heterocycles. The number of carbonyl (C=O) groups is 4. The summed E-state index contributed by atoms with van der Waals surface area (Å²) in [5, 5.41) is 6.93. The summed E-state index contributed by atoms with van der Waals surface area (Å²) >= 11 is 18.0. The van der Waals surface area contributed by atoms with Crippen LogP contribution < -0.4 is 10.5 Å². The zero-order valence-corrected chi connectivity index (χ0v) is 20.9. The molecule has 3 aromatic rings. The van der Waals surface area contributed by atoms with Crippen LogP contribution in [-0.2, 0) is 19.6 Å². The van der Waals surface area contributed by atoms with Gasteiger partial charge in [-0.1, -0.05) is 59.1 Å². The van der Waals surface area contributed by atoms with Gasteiger partial charge >= 0.3 is 5.97 Å². The number of anilines is 1. The van der Waals surface area contributed by atoms with Crippen LogP contribution in [0.5, 0.6) is 0 Å².